The molecule has 17 heavy (non-hydrogen) atoms. The van der Waals surface area contributed by atoms with E-state index in [-0.39, 0.29) is 6.04 Å². The number of aromatic nitrogens is 2. The molecule has 0 saturated heterocycles. The van der Waals surface area contributed by atoms with Gasteiger partial charge in [0, 0.05) is 5.69 Å². The van der Waals surface area contributed by atoms with Gasteiger partial charge in [-0.05, 0) is 25.3 Å². The second kappa shape index (κ2) is 5.15. The van der Waals surface area contributed by atoms with Crippen LogP contribution in [-0.2, 0) is 12.8 Å². The van der Waals surface area contributed by atoms with Crippen molar-refractivity contribution in [2.24, 2.45) is 5.73 Å². The molecule has 0 unspecified atom stereocenters. The third kappa shape index (κ3) is 2.74. The monoisotopic (exact) mass is 229 g/mol. The van der Waals surface area contributed by atoms with E-state index in [1.807, 2.05) is 25.1 Å². The van der Waals surface area contributed by atoms with E-state index in [1.54, 1.807) is 0 Å². The van der Waals surface area contributed by atoms with Gasteiger partial charge in [0.05, 0.1) is 11.7 Å². The van der Waals surface area contributed by atoms with Crippen molar-refractivity contribution in [1.82, 2.24) is 9.97 Å². The predicted molar refractivity (Wildman–Crippen MR) is 69.8 cm³/mol. The van der Waals surface area contributed by atoms with Crippen molar-refractivity contribution in [1.29, 1.82) is 0 Å². The smallest absolute Gasteiger partial charge is 0.123 e. The van der Waals surface area contributed by atoms with E-state index < -0.39 is 0 Å². The zero-order valence-electron chi connectivity index (χ0n) is 10.4. The van der Waals surface area contributed by atoms with Gasteiger partial charge in [-0.2, -0.15) is 0 Å². The Labute approximate surface area is 102 Å². The third-order valence-corrected chi connectivity index (χ3v) is 2.99. The van der Waals surface area contributed by atoms with Gasteiger partial charge in [0.15, 0.2) is 0 Å². The number of imidazole rings is 1. The lowest BCUT2D eigenvalue weighted by Crippen LogP contribution is -2.15. The fraction of sp³-hybridized carbons (Fsp3) is 0.357. The normalized spacial score (nSPS) is 12.6. The number of nitrogens with zero attached hydrogens (tertiary/aromatic N) is 1. The number of rotatable bonds is 4. The molecule has 0 aliphatic rings. The molecule has 0 aliphatic heterocycles. The van der Waals surface area contributed by atoms with Crippen molar-refractivity contribution >= 4 is 0 Å². The summed E-state index contributed by atoms with van der Waals surface area (Å²) in [7, 11) is 0. The minimum absolute atomic E-state index is 0.0589. The molecule has 0 radical (unpaired) electrons. The van der Waals surface area contributed by atoms with Crippen LogP contribution >= 0.6 is 0 Å². The Bertz CT molecular complexity index is 473. The lowest BCUT2D eigenvalue weighted by Gasteiger charge is -2.08. The summed E-state index contributed by atoms with van der Waals surface area (Å²) in [6.07, 6.45) is 1.76. The molecule has 1 aromatic heterocycles. The number of aryl methyl sites for hydroxylation is 2. The Morgan fingerprint density at radius 1 is 1.29 bits per heavy atom. The highest BCUT2D eigenvalue weighted by atomic mass is 15.0. The number of aromatic amines is 1. The van der Waals surface area contributed by atoms with Crippen LogP contribution in [0.5, 0.6) is 0 Å². The van der Waals surface area contributed by atoms with Gasteiger partial charge in [0.25, 0.3) is 0 Å². The third-order valence-electron chi connectivity index (χ3n) is 2.99. The molecule has 0 amide bonds. The van der Waals surface area contributed by atoms with Crippen molar-refractivity contribution in [3.8, 4) is 0 Å². The molecular formula is C14H19N3. The second-order valence-electron chi connectivity index (χ2n) is 4.34. The number of benzene rings is 1. The van der Waals surface area contributed by atoms with E-state index in [9.17, 15) is 0 Å². The van der Waals surface area contributed by atoms with Crippen molar-refractivity contribution in [3.05, 3.63) is 53.1 Å². The van der Waals surface area contributed by atoms with Crippen LogP contribution in [0, 0.1) is 6.92 Å². The molecule has 3 heteroatoms. The van der Waals surface area contributed by atoms with Gasteiger partial charge in [-0.3, -0.25) is 0 Å². The summed E-state index contributed by atoms with van der Waals surface area (Å²) < 4.78 is 0. The molecule has 3 N–H and O–H groups in total. The van der Waals surface area contributed by atoms with Crippen molar-refractivity contribution in [2.75, 3.05) is 0 Å². The fourth-order valence-electron chi connectivity index (χ4n) is 2.01. The molecule has 1 aromatic carbocycles. The predicted octanol–water partition coefficient (Wildman–Crippen LogP) is 2.52. The van der Waals surface area contributed by atoms with Crippen LogP contribution in [-0.4, -0.2) is 9.97 Å². The van der Waals surface area contributed by atoms with Crippen LogP contribution in [0.4, 0.5) is 0 Å². The largest absolute Gasteiger partial charge is 0.345 e. The summed E-state index contributed by atoms with van der Waals surface area (Å²) in [4.78, 5) is 7.82. The highest BCUT2D eigenvalue weighted by molar-refractivity contribution is 5.19. The molecule has 90 valence electrons. The SMILES string of the molecule is CCc1nc([C@@H](N)Cc2ccccc2)[nH]c1C. The maximum Gasteiger partial charge on any atom is 0.123 e. The summed E-state index contributed by atoms with van der Waals surface area (Å²) in [6.45, 7) is 4.15. The van der Waals surface area contributed by atoms with Crippen LogP contribution in [0.25, 0.3) is 0 Å². The average molecular weight is 229 g/mol. The minimum atomic E-state index is -0.0589. The molecule has 1 atom stereocenters. The lowest BCUT2D eigenvalue weighted by atomic mass is 10.1. The van der Waals surface area contributed by atoms with Gasteiger partial charge in [-0.25, -0.2) is 4.98 Å². The Hall–Kier alpha value is -1.61. The number of nitrogens with two attached hydrogens (primary N) is 1. The lowest BCUT2D eigenvalue weighted by molar-refractivity contribution is 0.674. The van der Waals surface area contributed by atoms with Crippen molar-refractivity contribution < 1.29 is 0 Å². The van der Waals surface area contributed by atoms with E-state index in [0.29, 0.717) is 0 Å². The fourth-order valence-corrected chi connectivity index (χ4v) is 2.01. The highest BCUT2D eigenvalue weighted by Crippen LogP contribution is 2.15. The first kappa shape index (κ1) is 11.9. The summed E-state index contributed by atoms with van der Waals surface area (Å²) >= 11 is 0. The Kier molecular flexibility index (Phi) is 3.59. The highest BCUT2D eigenvalue weighted by Gasteiger charge is 2.12. The summed E-state index contributed by atoms with van der Waals surface area (Å²) in [5.41, 5.74) is 9.66. The van der Waals surface area contributed by atoms with Crippen LogP contribution in [0.1, 0.15) is 35.7 Å². The molecule has 0 bridgehead atoms. The first-order valence-corrected chi connectivity index (χ1v) is 6.05. The molecular weight excluding hydrogens is 210 g/mol. The topological polar surface area (TPSA) is 54.7 Å². The number of hydrogen-bond acceptors (Lipinski definition) is 2. The van der Waals surface area contributed by atoms with E-state index >= 15 is 0 Å². The standard InChI is InChI=1S/C14H19N3/c1-3-13-10(2)16-14(17-13)12(15)9-11-7-5-4-6-8-11/h4-8,12H,3,9,15H2,1-2H3,(H,16,17)/t12-/m0/s1. The maximum absolute atomic E-state index is 6.17. The zero-order valence-corrected chi connectivity index (χ0v) is 10.4. The van der Waals surface area contributed by atoms with Crippen LogP contribution in [0.3, 0.4) is 0 Å². The van der Waals surface area contributed by atoms with E-state index in [2.05, 4.69) is 29.0 Å². The molecule has 0 fully saturated rings. The van der Waals surface area contributed by atoms with Gasteiger partial charge in [0.1, 0.15) is 5.82 Å². The molecule has 0 spiro atoms. The molecule has 3 nitrogen and oxygen atoms in total. The summed E-state index contributed by atoms with van der Waals surface area (Å²) in [6, 6.07) is 10.2. The van der Waals surface area contributed by atoms with Gasteiger partial charge in [-0.15, -0.1) is 0 Å². The van der Waals surface area contributed by atoms with Gasteiger partial charge in [-0.1, -0.05) is 37.3 Å². The molecule has 0 saturated carbocycles. The Morgan fingerprint density at radius 2 is 2.00 bits per heavy atom. The van der Waals surface area contributed by atoms with Crippen molar-refractivity contribution in [3.63, 3.8) is 0 Å². The maximum atomic E-state index is 6.17. The first-order valence-electron chi connectivity index (χ1n) is 6.05. The number of hydrogen-bond donors (Lipinski definition) is 2. The van der Waals surface area contributed by atoms with E-state index in [4.69, 9.17) is 5.73 Å². The van der Waals surface area contributed by atoms with Gasteiger partial charge in [0.2, 0.25) is 0 Å². The van der Waals surface area contributed by atoms with Gasteiger partial charge < -0.3 is 10.7 Å². The second-order valence-corrected chi connectivity index (χ2v) is 4.34. The number of H-pyrrole nitrogens is 1. The van der Waals surface area contributed by atoms with E-state index in [0.717, 1.165) is 30.1 Å². The molecule has 1 heterocycles. The molecule has 2 aromatic rings. The quantitative estimate of drug-likeness (QED) is 0.846. The Balaban J connectivity index is 2.12. The Morgan fingerprint density at radius 3 is 2.59 bits per heavy atom. The minimum Gasteiger partial charge on any atom is -0.345 e. The first-order chi connectivity index (χ1) is 8.20. The summed E-state index contributed by atoms with van der Waals surface area (Å²) in [5.74, 6) is 0.892. The van der Waals surface area contributed by atoms with Gasteiger partial charge >= 0.3 is 0 Å². The van der Waals surface area contributed by atoms with Crippen LogP contribution < -0.4 is 5.73 Å². The zero-order chi connectivity index (χ0) is 12.3. The summed E-state index contributed by atoms with van der Waals surface area (Å²) in [5, 5.41) is 0. The number of nitrogens with one attached hydrogen (secondary N) is 1. The van der Waals surface area contributed by atoms with Crippen molar-refractivity contribution in [2.45, 2.75) is 32.7 Å². The van der Waals surface area contributed by atoms with Crippen LogP contribution in [0.2, 0.25) is 0 Å². The van der Waals surface area contributed by atoms with Crippen LogP contribution in [0.15, 0.2) is 30.3 Å². The average Bonchev–Trinajstić information content (AvgIpc) is 2.72. The van der Waals surface area contributed by atoms with E-state index in [1.165, 1.54) is 5.56 Å². The molecule has 0 aliphatic carbocycles. The molecule has 2 rings (SSSR count).